The van der Waals surface area contributed by atoms with Crippen molar-refractivity contribution < 1.29 is 9.53 Å². The molecule has 1 fully saturated rings. The standard InChI is InChI=1S/C21H28N2O2S/c1-16-5-7-18(8-6-16)25-15-21(24)22-14-19(20-4-3-13-26-20)23-11-9-17(2)10-12-23/h3-8,13,17,19H,9-12,14-15H2,1-2H3,(H,22,24). The molecule has 2 heterocycles. The third kappa shape index (κ3) is 5.32. The molecule has 4 nitrogen and oxygen atoms in total. The normalized spacial score (nSPS) is 17.0. The van der Waals surface area contributed by atoms with Gasteiger partial charge >= 0.3 is 0 Å². The van der Waals surface area contributed by atoms with Gasteiger partial charge in [0.1, 0.15) is 5.75 Å². The van der Waals surface area contributed by atoms with Crippen molar-refractivity contribution in [2.24, 2.45) is 5.92 Å². The van der Waals surface area contributed by atoms with E-state index >= 15 is 0 Å². The number of piperidine rings is 1. The first kappa shape index (κ1) is 18.9. The van der Waals surface area contributed by atoms with Gasteiger partial charge in [-0.1, -0.05) is 30.7 Å². The van der Waals surface area contributed by atoms with Gasteiger partial charge in [0, 0.05) is 11.4 Å². The molecule has 1 N–H and O–H groups in total. The van der Waals surface area contributed by atoms with Gasteiger partial charge in [-0.2, -0.15) is 0 Å². The Hall–Kier alpha value is -1.85. The van der Waals surface area contributed by atoms with E-state index < -0.39 is 0 Å². The lowest BCUT2D eigenvalue weighted by molar-refractivity contribution is -0.123. The minimum Gasteiger partial charge on any atom is -0.484 e. The smallest absolute Gasteiger partial charge is 0.258 e. The Labute approximate surface area is 160 Å². The van der Waals surface area contributed by atoms with E-state index in [-0.39, 0.29) is 18.6 Å². The number of carbonyl (C=O) groups is 1. The monoisotopic (exact) mass is 372 g/mol. The van der Waals surface area contributed by atoms with E-state index in [1.807, 2.05) is 31.2 Å². The molecule has 1 atom stereocenters. The molecule has 0 spiro atoms. The summed E-state index contributed by atoms with van der Waals surface area (Å²) in [6, 6.07) is 12.3. The lowest BCUT2D eigenvalue weighted by Crippen LogP contribution is -2.42. The van der Waals surface area contributed by atoms with Crippen LogP contribution in [0.2, 0.25) is 0 Å². The average molecular weight is 373 g/mol. The van der Waals surface area contributed by atoms with Crippen LogP contribution < -0.4 is 10.1 Å². The van der Waals surface area contributed by atoms with E-state index in [0.29, 0.717) is 6.54 Å². The number of nitrogens with zero attached hydrogens (tertiary/aromatic N) is 1. The number of thiophene rings is 1. The Balaban J connectivity index is 1.52. The molecule has 26 heavy (non-hydrogen) atoms. The van der Waals surface area contributed by atoms with E-state index in [0.717, 1.165) is 24.8 Å². The molecule has 2 aromatic rings. The quantitative estimate of drug-likeness (QED) is 0.798. The molecular weight excluding hydrogens is 344 g/mol. The molecule has 1 aliphatic heterocycles. The van der Waals surface area contributed by atoms with E-state index in [4.69, 9.17) is 4.74 Å². The van der Waals surface area contributed by atoms with Crippen LogP contribution in [0.4, 0.5) is 0 Å². The molecule has 1 aromatic heterocycles. The second-order valence-corrected chi connectivity index (χ2v) is 8.13. The molecule has 1 saturated heterocycles. The van der Waals surface area contributed by atoms with Crippen LogP contribution in [0, 0.1) is 12.8 Å². The number of nitrogens with one attached hydrogen (secondary N) is 1. The summed E-state index contributed by atoms with van der Waals surface area (Å²) in [5.41, 5.74) is 1.18. The summed E-state index contributed by atoms with van der Waals surface area (Å²) in [5.74, 6) is 1.45. The number of carbonyl (C=O) groups excluding carboxylic acids is 1. The summed E-state index contributed by atoms with van der Waals surface area (Å²) in [7, 11) is 0. The highest BCUT2D eigenvalue weighted by atomic mass is 32.1. The predicted octanol–water partition coefficient (Wildman–Crippen LogP) is 4.02. The molecular formula is C21H28N2O2S. The first-order chi connectivity index (χ1) is 12.6. The van der Waals surface area contributed by atoms with E-state index in [2.05, 4.69) is 34.7 Å². The van der Waals surface area contributed by atoms with Crippen molar-refractivity contribution in [3.8, 4) is 5.75 Å². The molecule has 1 aliphatic rings. The maximum Gasteiger partial charge on any atom is 0.258 e. The maximum absolute atomic E-state index is 12.2. The van der Waals surface area contributed by atoms with Gasteiger partial charge < -0.3 is 10.1 Å². The Morgan fingerprint density at radius 2 is 2.00 bits per heavy atom. The lowest BCUT2D eigenvalue weighted by Gasteiger charge is -2.36. The minimum absolute atomic E-state index is 0.0528. The van der Waals surface area contributed by atoms with E-state index in [9.17, 15) is 4.79 Å². The highest BCUT2D eigenvalue weighted by Gasteiger charge is 2.25. The number of rotatable bonds is 7. The molecule has 0 bridgehead atoms. The Morgan fingerprint density at radius 3 is 2.65 bits per heavy atom. The van der Waals surface area contributed by atoms with Gasteiger partial charge in [0.15, 0.2) is 6.61 Å². The van der Waals surface area contributed by atoms with Crippen LogP contribution in [0.1, 0.15) is 36.2 Å². The Bertz CT molecular complexity index is 677. The van der Waals surface area contributed by atoms with Gasteiger partial charge in [-0.25, -0.2) is 0 Å². The SMILES string of the molecule is Cc1ccc(OCC(=O)NCC(c2cccs2)N2CCC(C)CC2)cc1. The third-order valence-electron chi connectivity index (χ3n) is 5.01. The van der Waals surface area contributed by atoms with Crippen LogP contribution in [-0.2, 0) is 4.79 Å². The predicted molar refractivity (Wildman–Crippen MR) is 107 cm³/mol. The van der Waals surface area contributed by atoms with Crippen LogP contribution in [0.3, 0.4) is 0 Å². The number of benzene rings is 1. The van der Waals surface area contributed by atoms with Crippen LogP contribution in [0.5, 0.6) is 5.75 Å². The summed E-state index contributed by atoms with van der Waals surface area (Å²) in [6.07, 6.45) is 2.46. The highest BCUT2D eigenvalue weighted by Crippen LogP contribution is 2.29. The third-order valence-corrected chi connectivity index (χ3v) is 5.99. The number of aryl methyl sites for hydroxylation is 1. The van der Waals surface area contributed by atoms with Crippen LogP contribution >= 0.6 is 11.3 Å². The zero-order valence-electron chi connectivity index (χ0n) is 15.6. The Morgan fingerprint density at radius 1 is 1.27 bits per heavy atom. The average Bonchev–Trinajstić information content (AvgIpc) is 3.17. The fraction of sp³-hybridized carbons (Fsp3) is 0.476. The molecule has 3 rings (SSSR count). The second kappa shape index (κ2) is 9.19. The highest BCUT2D eigenvalue weighted by molar-refractivity contribution is 7.10. The Kier molecular flexibility index (Phi) is 6.69. The largest absolute Gasteiger partial charge is 0.484 e. The van der Waals surface area contributed by atoms with Gasteiger partial charge in [0.2, 0.25) is 0 Å². The first-order valence-electron chi connectivity index (χ1n) is 9.35. The van der Waals surface area contributed by atoms with Gasteiger partial charge in [-0.15, -0.1) is 11.3 Å². The summed E-state index contributed by atoms with van der Waals surface area (Å²) in [4.78, 5) is 16.1. The maximum atomic E-state index is 12.2. The molecule has 1 aromatic carbocycles. The van der Waals surface area contributed by atoms with E-state index in [1.54, 1.807) is 11.3 Å². The molecule has 1 amide bonds. The topological polar surface area (TPSA) is 41.6 Å². The molecule has 1 unspecified atom stereocenters. The van der Waals surface area contributed by atoms with Gasteiger partial charge in [0.05, 0.1) is 6.04 Å². The molecule has 0 saturated carbocycles. The van der Waals surface area contributed by atoms with Crippen molar-refractivity contribution in [2.45, 2.75) is 32.7 Å². The zero-order chi connectivity index (χ0) is 18.4. The molecule has 0 aliphatic carbocycles. The van der Waals surface area contributed by atoms with Crippen molar-refractivity contribution in [3.63, 3.8) is 0 Å². The van der Waals surface area contributed by atoms with Gasteiger partial charge in [-0.05, 0) is 62.4 Å². The summed E-state index contributed by atoms with van der Waals surface area (Å²) in [5, 5.41) is 5.17. The van der Waals surface area contributed by atoms with Gasteiger partial charge in [-0.3, -0.25) is 9.69 Å². The van der Waals surface area contributed by atoms with Crippen molar-refractivity contribution in [2.75, 3.05) is 26.2 Å². The number of hydrogen-bond donors (Lipinski definition) is 1. The second-order valence-electron chi connectivity index (χ2n) is 7.16. The van der Waals surface area contributed by atoms with Crippen molar-refractivity contribution in [1.29, 1.82) is 0 Å². The number of amides is 1. The van der Waals surface area contributed by atoms with Crippen molar-refractivity contribution in [3.05, 3.63) is 52.2 Å². The summed E-state index contributed by atoms with van der Waals surface area (Å²) in [6.45, 7) is 7.23. The number of hydrogen-bond acceptors (Lipinski definition) is 4. The fourth-order valence-corrected chi connectivity index (χ4v) is 4.14. The molecule has 0 radical (unpaired) electrons. The zero-order valence-corrected chi connectivity index (χ0v) is 16.4. The van der Waals surface area contributed by atoms with Crippen molar-refractivity contribution >= 4 is 17.2 Å². The van der Waals surface area contributed by atoms with Crippen molar-refractivity contribution in [1.82, 2.24) is 10.2 Å². The number of likely N-dealkylation sites (tertiary alicyclic amines) is 1. The fourth-order valence-electron chi connectivity index (χ4n) is 3.28. The molecule has 5 heteroatoms. The lowest BCUT2D eigenvalue weighted by atomic mass is 9.97. The minimum atomic E-state index is -0.0718. The van der Waals surface area contributed by atoms with Crippen LogP contribution in [0.15, 0.2) is 41.8 Å². The summed E-state index contributed by atoms with van der Waals surface area (Å²) < 4.78 is 5.58. The van der Waals surface area contributed by atoms with Crippen LogP contribution in [-0.4, -0.2) is 37.0 Å². The van der Waals surface area contributed by atoms with Gasteiger partial charge in [0.25, 0.3) is 5.91 Å². The van der Waals surface area contributed by atoms with E-state index in [1.165, 1.54) is 23.3 Å². The van der Waals surface area contributed by atoms with Crippen LogP contribution in [0.25, 0.3) is 0 Å². The number of ether oxygens (including phenoxy) is 1. The first-order valence-corrected chi connectivity index (χ1v) is 10.2. The summed E-state index contributed by atoms with van der Waals surface area (Å²) >= 11 is 1.76. The molecule has 140 valence electrons.